The van der Waals surface area contributed by atoms with Gasteiger partial charge in [-0.05, 0) is 45.8 Å². The Bertz CT molecular complexity index is 245. The summed E-state index contributed by atoms with van der Waals surface area (Å²) in [5.74, 6) is 0.862. The van der Waals surface area contributed by atoms with Crippen molar-refractivity contribution in [1.82, 2.24) is 15.5 Å². The van der Waals surface area contributed by atoms with Crippen molar-refractivity contribution in [3.05, 3.63) is 0 Å². The largest absolute Gasteiger partial charge is 0.383 e. The Morgan fingerprint density at radius 3 is 2.63 bits per heavy atom. The third kappa shape index (κ3) is 8.65. The summed E-state index contributed by atoms with van der Waals surface area (Å²) in [6.45, 7) is 7.48. The van der Waals surface area contributed by atoms with Gasteiger partial charge in [0.2, 0.25) is 0 Å². The number of rotatable bonds is 7. The van der Waals surface area contributed by atoms with Gasteiger partial charge in [-0.25, -0.2) is 0 Å². The Kier molecular flexibility index (Phi) is 11.7. The van der Waals surface area contributed by atoms with Crippen molar-refractivity contribution in [2.45, 2.75) is 32.2 Å². The van der Waals surface area contributed by atoms with E-state index in [9.17, 15) is 0 Å². The minimum absolute atomic E-state index is 0. The third-order valence-electron chi connectivity index (χ3n) is 3.17. The number of halogens is 1. The van der Waals surface area contributed by atoms with Crippen molar-refractivity contribution in [1.29, 1.82) is 0 Å². The standard InChI is InChI=1S/C13H28N4O.HI/c1-12(11-18-3)16-13(14-2)15-7-6-10-17-8-4-5-9-17;/h12H,4-11H2,1-3H3,(H2,14,15,16);1H. The first kappa shape index (κ1) is 18.9. The van der Waals surface area contributed by atoms with Gasteiger partial charge in [-0.15, -0.1) is 24.0 Å². The Balaban J connectivity index is 0.00000324. The second-order valence-electron chi connectivity index (χ2n) is 4.90. The lowest BCUT2D eigenvalue weighted by Gasteiger charge is -2.18. The maximum Gasteiger partial charge on any atom is 0.191 e. The molecular weight excluding hydrogens is 355 g/mol. The summed E-state index contributed by atoms with van der Waals surface area (Å²) in [6, 6.07) is 0.278. The van der Waals surface area contributed by atoms with Gasteiger partial charge in [0.15, 0.2) is 5.96 Å². The number of hydrogen-bond donors (Lipinski definition) is 2. The highest BCUT2D eigenvalue weighted by molar-refractivity contribution is 14.0. The molecular formula is C13H29IN4O. The average Bonchev–Trinajstić information content (AvgIpc) is 2.86. The fourth-order valence-electron chi connectivity index (χ4n) is 2.24. The normalized spacial score (nSPS) is 17.9. The molecule has 1 aliphatic heterocycles. The zero-order valence-electron chi connectivity index (χ0n) is 12.4. The molecule has 19 heavy (non-hydrogen) atoms. The highest BCUT2D eigenvalue weighted by Crippen LogP contribution is 2.06. The quantitative estimate of drug-likeness (QED) is 0.301. The van der Waals surface area contributed by atoms with Crippen molar-refractivity contribution >= 4 is 29.9 Å². The second-order valence-corrected chi connectivity index (χ2v) is 4.90. The molecule has 0 aromatic carbocycles. The van der Waals surface area contributed by atoms with Crippen LogP contribution in [0.1, 0.15) is 26.2 Å². The van der Waals surface area contributed by atoms with Crippen LogP contribution in [0.2, 0.25) is 0 Å². The molecule has 6 heteroatoms. The smallest absolute Gasteiger partial charge is 0.191 e. The maximum atomic E-state index is 5.09. The van der Waals surface area contributed by atoms with Gasteiger partial charge >= 0.3 is 0 Å². The van der Waals surface area contributed by atoms with Crippen LogP contribution in [0.4, 0.5) is 0 Å². The molecule has 114 valence electrons. The molecule has 0 aromatic heterocycles. The fourth-order valence-corrected chi connectivity index (χ4v) is 2.24. The van der Waals surface area contributed by atoms with Crippen molar-refractivity contribution < 1.29 is 4.74 Å². The first-order valence-electron chi connectivity index (χ1n) is 6.94. The van der Waals surface area contributed by atoms with E-state index in [1.54, 1.807) is 14.2 Å². The lowest BCUT2D eigenvalue weighted by Crippen LogP contribution is -2.44. The molecule has 0 spiro atoms. The molecule has 0 saturated carbocycles. The second kappa shape index (κ2) is 11.7. The molecule has 0 bridgehead atoms. The predicted molar refractivity (Wildman–Crippen MR) is 91.5 cm³/mol. The van der Waals surface area contributed by atoms with Crippen molar-refractivity contribution in [2.24, 2.45) is 4.99 Å². The van der Waals surface area contributed by atoms with Crippen molar-refractivity contribution in [3.63, 3.8) is 0 Å². The lowest BCUT2D eigenvalue weighted by molar-refractivity contribution is 0.179. The first-order valence-corrected chi connectivity index (χ1v) is 6.94. The fraction of sp³-hybridized carbons (Fsp3) is 0.923. The van der Waals surface area contributed by atoms with Crippen LogP contribution >= 0.6 is 24.0 Å². The lowest BCUT2D eigenvalue weighted by atomic mass is 10.3. The van der Waals surface area contributed by atoms with Crippen LogP contribution < -0.4 is 10.6 Å². The molecule has 1 aliphatic rings. The molecule has 1 fully saturated rings. The number of ether oxygens (including phenoxy) is 1. The zero-order chi connectivity index (χ0) is 13.2. The first-order chi connectivity index (χ1) is 8.76. The average molecular weight is 384 g/mol. The highest BCUT2D eigenvalue weighted by atomic mass is 127. The molecule has 0 radical (unpaired) electrons. The van der Waals surface area contributed by atoms with E-state index in [0.717, 1.165) is 12.5 Å². The molecule has 1 unspecified atom stereocenters. The third-order valence-corrected chi connectivity index (χ3v) is 3.17. The van der Waals surface area contributed by atoms with Crippen molar-refractivity contribution in [2.75, 3.05) is 46.9 Å². The maximum absolute atomic E-state index is 5.09. The SMILES string of the molecule is CN=C(NCCCN1CCCC1)NC(C)COC.I. The van der Waals surface area contributed by atoms with Gasteiger partial charge in [-0.1, -0.05) is 0 Å². The molecule has 1 heterocycles. The van der Waals surface area contributed by atoms with E-state index in [2.05, 4.69) is 27.4 Å². The number of likely N-dealkylation sites (tertiary alicyclic amines) is 1. The molecule has 2 N–H and O–H groups in total. The predicted octanol–water partition coefficient (Wildman–Crippen LogP) is 1.29. The number of hydrogen-bond acceptors (Lipinski definition) is 3. The van der Waals surface area contributed by atoms with Crippen LogP contribution in [0.15, 0.2) is 4.99 Å². The Morgan fingerprint density at radius 1 is 1.37 bits per heavy atom. The van der Waals surface area contributed by atoms with E-state index in [1.807, 2.05) is 0 Å². The number of nitrogens with zero attached hydrogens (tertiary/aromatic N) is 2. The topological polar surface area (TPSA) is 48.9 Å². The Labute approximate surface area is 134 Å². The van der Waals surface area contributed by atoms with Crippen LogP contribution in [0.3, 0.4) is 0 Å². The summed E-state index contributed by atoms with van der Waals surface area (Å²) in [4.78, 5) is 6.74. The monoisotopic (exact) mass is 384 g/mol. The van der Waals surface area contributed by atoms with Gasteiger partial charge < -0.3 is 20.3 Å². The van der Waals surface area contributed by atoms with Crippen LogP contribution in [0.5, 0.6) is 0 Å². The van der Waals surface area contributed by atoms with E-state index in [4.69, 9.17) is 4.74 Å². The van der Waals surface area contributed by atoms with Crippen LogP contribution in [0.25, 0.3) is 0 Å². The minimum atomic E-state index is 0. The zero-order valence-corrected chi connectivity index (χ0v) is 14.8. The molecule has 5 nitrogen and oxygen atoms in total. The summed E-state index contributed by atoms with van der Waals surface area (Å²) in [5.41, 5.74) is 0. The number of methoxy groups -OCH3 is 1. The van der Waals surface area contributed by atoms with Gasteiger partial charge in [-0.2, -0.15) is 0 Å². The summed E-state index contributed by atoms with van der Waals surface area (Å²) in [6.07, 6.45) is 3.90. The molecule has 0 aliphatic carbocycles. The van der Waals surface area contributed by atoms with E-state index in [1.165, 1.54) is 38.9 Å². The van der Waals surface area contributed by atoms with Gasteiger partial charge in [0, 0.05) is 26.7 Å². The molecule has 0 amide bonds. The van der Waals surface area contributed by atoms with E-state index in [0.29, 0.717) is 6.61 Å². The number of nitrogens with one attached hydrogen (secondary N) is 2. The van der Waals surface area contributed by atoms with Gasteiger partial charge in [0.05, 0.1) is 6.61 Å². The summed E-state index contributed by atoms with van der Waals surface area (Å²) in [5, 5.41) is 6.64. The van der Waals surface area contributed by atoms with E-state index in [-0.39, 0.29) is 30.0 Å². The molecule has 0 aromatic rings. The van der Waals surface area contributed by atoms with Gasteiger partial charge in [0.1, 0.15) is 0 Å². The summed E-state index contributed by atoms with van der Waals surface area (Å²) >= 11 is 0. The Hall–Kier alpha value is -0.0800. The van der Waals surface area contributed by atoms with Crippen LogP contribution in [0, 0.1) is 0 Å². The number of guanidine groups is 1. The summed E-state index contributed by atoms with van der Waals surface area (Å²) in [7, 11) is 3.51. The molecule has 1 atom stereocenters. The van der Waals surface area contributed by atoms with Crippen LogP contribution in [-0.4, -0.2) is 63.8 Å². The Morgan fingerprint density at radius 2 is 2.05 bits per heavy atom. The highest BCUT2D eigenvalue weighted by Gasteiger charge is 2.10. The molecule has 1 rings (SSSR count). The van der Waals surface area contributed by atoms with Gasteiger partial charge in [-0.3, -0.25) is 4.99 Å². The summed E-state index contributed by atoms with van der Waals surface area (Å²) < 4.78 is 5.09. The van der Waals surface area contributed by atoms with E-state index >= 15 is 0 Å². The van der Waals surface area contributed by atoms with Crippen LogP contribution in [-0.2, 0) is 4.74 Å². The molecule has 1 saturated heterocycles. The van der Waals surface area contributed by atoms with E-state index < -0.39 is 0 Å². The van der Waals surface area contributed by atoms with Gasteiger partial charge in [0.25, 0.3) is 0 Å². The van der Waals surface area contributed by atoms with Crippen molar-refractivity contribution in [3.8, 4) is 0 Å². The number of aliphatic imine (C=N–C) groups is 1. The minimum Gasteiger partial charge on any atom is -0.383 e.